The summed E-state index contributed by atoms with van der Waals surface area (Å²) in [6.45, 7) is -0.160. The molecule has 0 saturated carbocycles. The van der Waals surface area contributed by atoms with Gasteiger partial charge < -0.3 is 10.2 Å². The second-order valence-electron chi connectivity index (χ2n) is 3.67. The van der Waals surface area contributed by atoms with E-state index in [0.29, 0.717) is 21.8 Å². The molecule has 2 N–H and O–H groups in total. The van der Waals surface area contributed by atoms with E-state index >= 15 is 0 Å². The van der Waals surface area contributed by atoms with Crippen molar-refractivity contribution < 1.29 is 15.0 Å². The number of rotatable bonds is 3. The summed E-state index contributed by atoms with van der Waals surface area (Å²) >= 11 is 5.98. The summed E-state index contributed by atoms with van der Waals surface area (Å²) in [5.74, 6) is -1.04. The summed E-state index contributed by atoms with van der Waals surface area (Å²) < 4.78 is 0. The van der Waals surface area contributed by atoms with E-state index in [-0.39, 0.29) is 12.2 Å². The number of hydrogen-bond acceptors (Lipinski definition) is 3. The van der Waals surface area contributed by atoms with Gasteiger partial charge in [0.25, 0.3) is 0 Å². The molecule has 1 heterocycles. The summed E-state index contributed by atoms with van der Waals surface area (Å²) in [6, 6.07) is 7.99. The van der Waals surface area contributed by atoms with Crippen LogP contribution < -0.4 is 0 Å². The van der Waals surface area contributed by atoms with Gasteiger partial charge in [0, 0.05) is 16.8 Å². The first-order valence-corrected chi connectivity index (χ1v) is 5.59. The standard InChI is InChI=1S/C13H10ClNO3/c14-11-6-8(3-4-9(11)7-16)12-10(13(17)18)2-1-5-15-12/h1-6,16H,7H2,(H,17,18). The van der Waals surface area contributed by atoms with Crippen molar-refractivity contribution in [3.8, 4) is 11.3 Å². The number of aliphatic hydroxyl groups is 1. The average Bonchev–Trinajstić information content (AvgIpc) is 2.38. The van der Waals surface area contributed by atoms with Gasteiger partial charge in [-0.25, -0.2) is 4.79 Å². The Morgan fingerprint density at radius 3 is 2.72 bits per heavy atom. The molecule has 0 radical (unpaired) electrons. The first kappa shape index (κ1) is 12.5. The topological polar surface area (TPSA) is 70.4 Å². The van der Waals surface area contributed by atoms with Crippen molar-refractivity contribution in [2.75, 3.05) is 0 Å². The second-order valence-corrected chi connectivity index (χ2v) is 4.08. The average molecular weight is 264 g/mol. The Labute approximate surface area is 108 Å². The van der Waals surface area contributed by atoms with Crippen LogP contribution in [0.1, 0.15) is 15.9 Å². The summed E-state index contributed by atoms with van der Waals surface area (Å²) in [5.41, 5.74) is 1.67. The van der Waals surface area contributed by atoms with E-state index in [2.05, 4.69) is 4.98 Å². The van der Waals surface area contributed by atoms with Gasteiger partial charge in [0.15, 0.2) is 0 Å². The van der Waals surface area contributed by atoms with Gasteiger partial charge in [0.05, 0.1) is 17.9 Å². The third kappa shape index (κ3) is 2.34. The van der Waals surface area contributed by atoms with E-state index in [9.17, 15) is 4.79 Å². The van der Waals surface area contributed by atoms with E-state index in [1.807, 2.05) is 0 Å². The van der Waals surface area contributed by atoms with Crippen LogP contribution in [0.5, 0.6) is 0 Å². The number of carboxylic acids is 1. The molecular weight excluding hydrogens is 254 g/mol. The number of aliphatic hydroxyl groups excluding tert-OH is 1. The molecule has 0 unspecified atom stereocenters. The fourth-order valence-electron chi connectivity index (χ4n) is 1.63. The maximum Gasteiger partial charge on any atom is 0.337 e. The first-order chi connectivity index (χ1) is 8.63. The summed E-state index contributed by atoms with van der Waals surface area (Å²) in [7, 11) is 0. The lowest BCUT2D eigenvalue weighted by Crippen LogP contribution is -2.01. The van der Waals surface area contributed by atoms with Gasteiger partial charge in [-0.1, -0.05) is 23.7 Å². The second kappa shape index (κ2) is 5.16. The number of aromatic carboxylic acids is 1. The monoisotopic (exact) mass is 263 g/mol. The minimum atomic E-state index is -1.04. The van der Waals surface area contributed by atoms with Crippen LogP contribution >= 0.6 is 11.6 Å². The fourth-order valence-corrected chi connectivity index (χ4v) is 1.87. The van der Waals surface area contributed by atoms with Crippen molar-refractivity contribution in [2.45, 2.75) is 6.61 Å². The Hall–Kier alpha value is -1.91. The van der Waals surface area contributed by atoms with Crippen molar-refractivity contribution >= 4 is 17.6 Å². The summed E-state index contributed by atoms with van der Waals surface area (Å²) in [6.07, 6.45) is 1.52. The van der Waals surface area contributed by atoms with Crippen molar-refractivity contribution in [1.82, 2.24) is 4.98 Å². The number of carboxylic acid groups (broad SMARTS) is 1. The summed E-state index contributed by atoms with van der Waals surface area (Å²) in [5, 5.41) is 18.5. The zero-order valence-corrected chi connectivity index (χ0v) is 10.1. The summed E-state index contributed by atoms with van der Waals surface area (Å²) in [4.78, 5) is 15.2. The van der Waals surface area contributed by atoms with Crippen LogP contribution in [-0.2, 0) is 6.61 Å². The Balaban J connectivity index is 2.55. The van der Waals surface area contributed by atoms with Crippen LogP contribution in [0.15, 0.2) is 36.5 Å². The molecule has 18 heavy (non-hydrogen) atoms. The van der Waals surface area contributed by atoms with E-state index in [4.69, 9.17) is 21.8 Å². The quantitative estimate of drug-likeness (QED) is 0.893. The number of carbonyl (C=O) groups is 1. The molecule has 4 nitrogen and oxygen atoms in total. The molecule has 2 rings (SSSR count). The third-order valence-corrected chi connectivity index (χ3v) is 2.89. The lowest BCUT2D eigenvalue weighted by molar-refractivity contribution is 0.0697. The molecule has 2 aromatic rings. The number of halogens is 1. The molecule has 1 aromatic carbocycles. The van der Waals surface area contributed by atoms with Gasteiger partial charge in [-0.2, -0.15) is 0 Å². The Kier molecular flexibility index (Phi) is 3.60. The van der Waals surface area contributed by atoms with Crippen LogP contribution in [0, 0.1) is 0 Å². The zero-order chi connectivity index (χ0) is 13.1. The van der Waals surface area contributed by atoms with Gasteiger partial charge in [0.1, 0.15) is 0 Å². The molecule has 0 bridgehead atoms. The first-order valence-electron chi connectivity index (χ1n) is 5.21. The number of aromatic nitrogens is 1. The van der Waals surface area contributed by atoms with Crippen LogP contribution in [-0.4, -0.2) is 21.2 Å². The van der Waals surface area contributed by atoms with E-state index in [0.717, 1.165) is 0 Å². The maximum atomic E-state index is 11.1. The lowest BCUT2D eigenvalue weighted by atomic mass is 10.0. The predicted molar refractivity (Wildman–Crippen MR) is 67.6 cm³/mol. The zero-order valence-electron chi connectivity index (χ0n) is 9.30. The minimum Gasteiger partial charge on any atom is -0.478 e. The highest BCUT2D eigenvalue weighted by molar-refractivity contribution is 6.31. The van der Waals surface area contributed by atoms with Gasteiger partial charge in [0.2, 0.25) is 0 Å². The molecule has 0 saturated heterocycles. The van der Waals surface area contributed by atoms with Crippen molar-refractivity contribution in [1.29, 1.82) is 0 Å². The molecule has 0 aliphatic carbocycles. The van der Waals surface area contributed by atoms with Gasteiger partial charge in [-0.05, 0) is 23.8 Å². The van der Waals surface area contributed by atoms with Gasteiger partial charge >= 0.3 is 5.97 Å². The van der Waals surface area contributed by atoms with Crippen molar-refractivity contribution in [3.05, 3.63) is 52.7 Å². The number of hydrogen-bond donors (Lipinski definition) is 2. The highest BCUT2D eigenvalue weighted by atomic mass is 35.5. The normalized spacial score (nSPS) is 10.3. The van der Waals surface area contributed by atoms with Crippen molar-refractivity contribution in [3.63, 3.8) is 0 Å². The molecule has 0 spiro atoms. The number of nitrogens with zero attached hydrogens (tertiary/aromatic N) is 1. The number of benzene rings is 1. The molecule has 92 valence electrons. The molecule has 0 aliphatic heterocycles. The molecular formula is C13H10ClNO3. The van der Waals surface area contributed by atoms with Crippen LogP contribution in [0.2, 0.25) is 5.02 Å². The van der Waals surface area contributed by atoms with Gasteiger partial charge in [-0.15, -0.1) is 0 Å². The van der Waals surface area contributed by atoms with Crippen LogP contribution in [0.4, 0.5) is 0 Å². The SMILES string of the molecule is O=C(O)c1cccnc1-c1ccc(CO)c(Cl)c1. The minimum absolute atomic E-state index is 0.116. The molecule has 0 fully saturated rings. The van der Waals surface area contributed by atoms with Crippen LogP contribution in [0.25, 0.3) is 11.3 Å². The highest BCUT2D eigenvalue weighted by Crippen LogP contribution is 2.26. The fraction of sp³-hybridized carbons (Fsp3) is 0.0769. The van der Waals surface area contributed by atoms with Crippen molar-refractivity contribution in [2.24, 2.45) is 0 Å². The maximum absolute atomic E-state index is 11.1. The smallest absolute Gasteiger partial charge is 0.337 e. The van der Waals surface area contributed by atoms with E-state index in [1.54, 1.807) is 24.3 Å². The molecule has 0 aliphatic rings. The lowest BCUT2D eigenvalue weighted by Gasteiger charge is -2.07. The number of pyridine rings is 1. The largest absolute Gasteiger partial charge is 0.478 e. The Morgan fingerprint density at radius 2 is 2.11 bits per heavy atom. The molecule has 0 atom stereocenters. The highest BCUT2D eigenvalue weighted by Gasteiger charge is 2.13. The van der Waals surface area contributed by atoms with E-state index in [1.165, 1.54) is 12.3 Å². The molecule has 1 aromatic heterocycles. The molecule has 5 heteroatoms. The Bertz CT molecular complexity index is 599. The van der Waals surface area contributed by atoms with Crippen LogP contribution in [0.3, 0.4) is 0 Å². The van der Waals surface area contributed by atoms with Gasteiger partial charge in [-0.3, -0.25) is 4.98 Å². The Morgan fingerprint density at radius 1 is 1.33 bits per heavy atom. The predicted octanol–water partition coefficient (Wildman–Crippen LogP) is 2.59. The van der Waals surface area contributed by atoms with E-state index < -0.39 is 5.97 Å². The molecule has 0 amide bonds. The third-order valence-electron chi connectivity index (χ3n) is 2.53.